The second-order valence-corrected chi connectivity index (χ2v) is 5.69. The highest BCUT2D eigenvalue weighted by Crippen LogP contribution is 2.40. The second-order valence-electron chi connectivity index (χ2n) is 5.69. The molecule has 2 unspecified atom stereocenters. The number of allylic oxidation sites excluding steroid dienone is 2. The topological polar surface area (TPSA) is 60.8 Å². The van der Waals surface area contributed by atoms with Crippen molar-refractivity contribution in [3.8, 4) is 11.5 Å². The molecule has 4 nitrogen and oxygen atoms in total. The van der Waals surface area contributed by atoms with Gasteiger partial charge >= 0.3 is 6.18 Å². The molecule has 1 aliphatic carbocycles. The number of amides is 1. The Kier molecular flexibility index (Phi) is 3.58. The lowest BCUT2D eigenvalue weighted by molar-refractivity contribution is -0.138. The van der Waals surface area contributed by atoms with Gasteiger partial charge in [-0.1, -0.05) is 24.3 Å². The van der Waals surface area contributed by atoms with E-state index in [1.807, 2.05) is 24.3 Å². The molecule has 0 bridgehead atoms. The monoisotopic (exact) mass is 325 g/mol. The third-order valence-electron chi connectivity index (χ3n) is 4.18. The maximum absolute atomic E-state index is 12.9. The Hall–Kier alpha value is -2.44. The van der Waals surface area contributed by atoms with Crippen molar-refractivity contribution in [2.24, 2.45) is 11.8 Å². The number of halogens is 3. The number of phenolic OH excluding ortho intramolecular Hbond substituents is 2. The van der Waals surface area contributed by atoms with E-state index in [2.05, 4.69) is 0 Å². The Morgan fingerprint density at radius 3 is 2.13 bits per heavy atom. The number of carbonyl (C=O) groups is 1. The summed E-state index contributed by atoms with van der Waals surface area (Å²) in [5, 5.41) is 19.1. The molecular weight excluding hydrogens is 311 g/mol. The van der Waals surface area contributed by atoms with Crippen LogP contribution in [0.5, 0.6) is 11.5 Å². The minimum atomic E-state index is -4.81. The molecule has 1 saturated heterocycles. The molecule has 122 valence electrons. The van der Waals surface area contributed by atoms with Crippen molar-refractivity contribution in [3.05, 3.63) is 47.6 Å². The Balaban J connectivity index is 1.91. The number of aromatic hydroxyl groups is 2. The zero-order valence-electron chi connectivity index (χ0n) is 11.9. The van der Waals surface area contributed by atoms with Crippen LogP contribution in [0, 0.1) is 11.8 Å². The van der Waals surface area contributed by atoms with Gasteiger partial charge in [-0.3, -0.25) is 4.79 Å². The number of nitrogens with zero attached hydrogens (tertiary/aromatic N) is 1. The SMILES string of the molecule is O=C(c1cc(C(F)(F)F)c(O)cc1O)N1CC2C=CC=CC2C1. The van der Waals surface area contributed by atoms with E-state index in [1.54, 1.807) is 0 Å². The quantitative estimate of drug-likeness (QED) is 0.834. The van der Waals surface area contributed by atoms with Gasteiger partial charge in [0.05, 0.1) is 11.1 Å². The molecule has 23 heavy (non-hydrogen) atoms. The summed E-state index contributed by atoms with van der Waals surface area (Å²) in [4.78, 5) is 13.9. The first-order chi connectivity index (χ1) is 10.8. The fraction of sp³-hybridized carbons (Fsp3) is 0.312. The number of rotatable bonds is 1. The zero-order valence-corrected chi connectivity index (χ0v) is 11.9. The van der Waals surface area contributed by atoms with Gasteiger partial charge < -0.3 is 15.1 Å². The van der Waals surface area contributed by atoms with Crippen LogP contribution in [0.2, 0.25) is 0 Å². The van der Waals surface area contributed by atoms with E-state index in [4.69, 9.17) is 0 Å². The van der Waals surface area contributed by atoms with Crippen LogP contribution in [0.3, 0.4) is 0 Å². The van der Waals surface area contributed by atoms with E-state index in [9.17, 15) is 28.2 Å². The lowest BCUT2D eigenvalue weighted by atomic mass is 9.92. The minimum absolute atomic E-state index is 0.130. The lowest BCUT2D eigenvalue weighted by Crippen LogP contribution is -2.29. The van der Waals surface area contributed by atoms with Crippen LogP contribution < -0.4 is 0 Å². The highest BCUT2D eigenvalue weighted by Gasteiger charge is 2.38. The number of likely N-dealkylation sites (tertiary alicyclic amines) is 1. The predicted molar refractivity (Wildman–Crippen MR) is 75.9 cm³/mol. The summed E-state index contributed by atoms with van der Waals surface area (Å²) < 4.78 is 38.6. The van der Waals surface area contributed by atoms with Gasteiger partial charge in [0.2, 0.25) is 0 Å². The summed E-state index contributed by atoms with van der Waals surface area (Å²) in [7, 11) is 0. The second kappa shape index (κ2) is 5.33. The summed E-state index contributed by atoms with van der Waals surface area (Å²) in [5.41, 5.74) is -1.79. The van der Waals surface area contributed by atoms with Crippen LogP contribution in [0.4, 0.5) is 13.2 Å². The van der Waals surface area contributed by atoms with Gasteiger partial charge in [0.25, 0.3) is 5.91 Å². The Morgan fingerprint density at radius 1 is 1.04 bits per heavy atom. The predicted octanol–water partition coefficient (Wildman–Crippen LogP) is 2.93. The number of hydrogen-bond donors (Lipinski definition) is 2. The molecule has 0 radical (unpaired) electrons. The molecule has 0 aromatic heterocycles. The molecule has 1 aromatic rings. The molecule has 1 amide bonds. The van der Waals surface area contributed by atoms with E-state index >= 15 is 0 Å². The van der Waals surface area contributed by atoms with Crippen molar-refractivity contribution >= 4 is 5.91 Å². The van der Waals surface area contributed by atoms with Gasteiger partial charge in [-0.05, 0) is 6.07 Å². The number of hydrogen-bond acceptors (Lipinski definition) is 3. The van der Waals surface area contributed by atoms with Crippen molar-refractivity contribution in [1.82, 2.24) is 4.90 Å². The third kappa shape index (κ3) is 2.78. The first-order valence-corrected chi connectivity index (χ1v) is 7.05. The van der Waals surface area contributed by atoms with Gasteiger partial charge in [-0.15, -0.1) is 0 Å². The van der Waals surface area contributed by atoms with E-state index in [0.29, 0.717) is 25.2 Å². The highest BCUT2D eigenvalue weighted by atomic mass is 19.4. The Morgan fingerprint density at radius 2 is 1.61 bits per heavy atom. The molecule has 2 N–H and O–H groups in total. The minimum Gasteiger partial charge on any atom is -0.507 e. The van der Waals surface area contributed by atoms with Crippen LogP contribution in [0.1, 0.15) is 15.9 Å². The van der Waals surface area contributed by atoms with E-state index < -0.39 is 34.7 Å². The van der Waals surface area contributed by atoms with Crippen molar-refractivity contribution in [1.29, 1.82) is 0 Å². The molecule has 0 spiro atoms. The third-order valence-corrected chi connectivity index (χ3v) is 4.18. The largest absolute Gasteiger partial charge is 0.507 e. The van der Waals surface area contributed by atoms with Crippen LogP contribution >= 0.6 is 0 Å². The maximum atomic E-state index is 12.9. The average Bonchev–Trinajstić information content (AvgIpc) is 2.89. The molecule has 0 saturated carbocycles. The van der Waals surface area contributed by atoms with Crippen LogP contribution in [0.25, 0.3) is 0 Å². The van der Waals surface area contributed by atoms with Crippen molar-refractivity contribution in [2.45, 2.75) is 6.18 Å². The molecule has 2 atom stereocenters. The van der Waals surface area contributed by atoms with Gasteiger partial charge in [0, 0.05) is 31.0 Å². The molecule has 2 aliphatic rings. The Bertz CT molecular complexity index is 689. The molecule has 1 aromatic carbocycles. The van der Waals surface area contributed by atoms with E-state index in [-0.39, 0.29) is 11.8 Å². The summed E-state index contributed by atoms with van der Waals surface area (Å²) in [6.45, 7) is 0.762. The van der Waals surface area contributed by atoms with E-state index in [0.717, 1.165) is 0 Å². The van der Waals surface area contributed by atoms with Gasteiger partial charge in [-0.25, -0.2) is 0 Å². The molecule has 1 heterocycles. The summed E-state index contributed by atoms with van der Waals surface area (Å²) in [6, 6.07) is 1.06. The van der Waals surface area contributed by atoms with Crippen LogP contribution in [-0.4, -0.2) is 34.1 Å². The summed E-state index contributed by atoms with van der Waals surface area (Å²) in [5.74, 6) is -2.19. The number of alkyl halides is 3. The van der Waals surface area contributed by atoms with Gasteiger partial charge in [0.1, 0.15) is 11.5 Å². The van der Waals surface area contributed by atoms with Crippen LogP contribution in [-0.2, 0) is 6.18 Å². The number of fused-ring (bicyclic) bond motifs is 1. The molecule has 7 heteroatoms. The average molecular weight is 325 g/mol. The highest BCUT2D eigenvalue weighted by molar-refractivity contribution is 5.97. The summed E-state index contributed by atoms with van der Waals surface area (Å²) in [6.07, 6.45) is 2.84. The van der Waals surface area contributed by atoms with E-state index in [1.165, 1.54) is 4.90 Å². The van der Waals surface area contributed by atoms with Crippen LogP contribution in [0.15, 0.2) is 36.4 Å². The fourth-order valence-corrected chi connectivity index (χ4v) is 2.99. The zero-order chi connectivity index (χ0) is 16.8. The van der Waals surface area contributed by atoms with Gasteiger partial charge in [0.15, 0.2) is 0 Å². The smallest absolute Gasteiger partial charge is 0.419 e. The van der Waals surface area contributed by atoms with Crippen molar-refractivity contribution in [2.75, 3.05) is 13.1 Å². The lowest BCUT2D eigenvalue weighted by Gasteiger charge is -2.18. The normalized spacial score (nSPS) is 23.2. The first-order valence-electron chi connectivity index (χ1n) is 7.05. The maximum Gasteiger partial charge on any atom is 0.419 e. The number of carbonyl (C=O) groups excluding carboxylic acids is 1. The fourth-order valence-electron chi connectivity index (χ4n) is 2.99. The molecular formula is C16H14F3NO3. The molecule has 1 fully saturated rings. The first kappa shape index (κ1) is 15.5. The Labute approximate surface area is 130 Å². The molecule has 3 rings (SSSR count). The van der Waals surface area contributed by atoms with Crippen molar-refractivity contribution < 1.29 is 28.2 Å². The number of phenols is 2. The van der Waals surface area contributed by atoms with Gasteiger partial charge in [-0.2, -0.15) is 13.2 Å². The standard InChI is InChI=1S/C16H14F3NO3/c17-16(18,19)12-5-11(13(21)6-14(12)22)15(23)20-7-9-3-1-2-4-10(9)8-20/h1-6,9-10,21-22H,7-8H2. The number of benzene rings is 1. The van der Waals surface area contributed by atoms with Crippen molar-refractivity contribution in [3.63, 3.8) is 0 Å². The molecule has 1 aliphatic heterocycles. The summed E-state index contributed by atoms with van der Waals surface area (Å²) >= 11 is 0.